The van der Waals surface area contributed by atoms with Gasteiger partial charge in [0.2, 0.25) is 11.8 Å². The maximum absolute atomic E-state index is 12.3. The average molecular weight is 358 g/mol. The van der Waals surface area contributed by atoms with E-state index in [1.54, 1.807) is 15.9 Å². The van der Waals surface area contributed by atoms with Crippen molar-refractivity contribution in [2.75, 3.05) is 31.1 Å². The predicted octanol–water partition coefficient (Wildman–Crippen LogP) is 1.53. The number of benzene rings is 1. The van der Waals surface area contributed by atoms with Gasteiger partial charge in [-0.15, -0.1) is 0 Å². The molecule has 1 N–H and O–H groups in total. The first-order chi connectivity index (χ1) is 12.5. The van der Waals surface area contributed by atoms with Crippen LogP contribution in [-0.2, 0) is 19.1 Å². The second-order valence-electron chi connectivity index (χ2n) is 6.45. The number of nitrogens with zero attached hydrogens (tertiary/aromatic N) is 2. The number of amides is 2. The molecule has 1 unspecified atom stereocenters. The van der Waals surface area contributed by atoms with Crippen molar-refractivity contribution in [2.45, 2.75) is 25.4 Å². The average Bonchev–Trinajstić information content (AvgIpc) is 3.06. The fourth-order valence-electron chi connectivity index (χ4n) is 3.20. The minimum atomic E-state index is -0.934. The van der Waals surface area contributed by atoms with Gasteiger partial charge in [0.1, 0.15) is 0 Å². The Balaban J connectivity index is 1.57. The standard InChI is InChI=1S/C19H22N2O5/c22-17(20-10-11-26-16(13-20)12-19(24)25)8-5-14-3-6-15(7-4-14)21-9-1-2-18(21)23/h3-8,16H,1-2,9-13H2,(H,24,25)/b8-5+. The fraction of sp³-hybridized carbons (Fsp3) is 0.421. The zero-order valence-electron chi connectivity index (χ0n) is 14.5. The van der Waals surface area contributed by atoms with Crippen LogP contribution in [0.5, 0.6) is 0 Å². The van der Waals surface area contributed by atoms with Gasteiger partial charge < -0.3 is 19.6 Å². The summed E-state index contributed by atoms with van der Waals surface area (Å²) in [5, 5.41) is 8.84. The summed E-state index contributed by atoms with van der Waals surface area (Å²) >= 11 is 0. The number of rotatable bonds is 5. The number of carboxylic acid groups (broad SMARTS) is 1. The van der Waals surface area contributed by atoms with Crippen LogP contribution in [0.15, 0.2) is 30.3 Å². The Morgan fingerprint density at radius 2 is 2.00 bits per heavy atom. The monoisotopic (exact) mass is 358 g/mol. The molecule has 2 aliphatic heterocycles. The van der Waals surface area contributed by atoms with Crippen LogP contribution in [0, 0.1) is 0 Å². The van der Waals surface area contributed by atoms with Crippen molar-refractivity contribution in [1.82, 2.24) is 4.90 Å². The zero-order chi connectivity index (χ0) is 18.5. The molecule has 7 heteroatoms. The molecule has 0 spiro atoms. The molecule has 3 rings (SSSR count). The zero-order valence-corrected chi connectivity index (χ0v) is 14.5. The van der Waals surface area contributed by atoms with Crippen molar-refractivity contribution >= 4 is 29.5 Å². The number of morpholine rings is 1. The normalized spacial score (nSPS) is 20.8. The topological polar surface area (TPSA) is 87.2 Å². The SMILES string of the molecule is O=C(O)CC1CN(C(=O)/C=C/c2ccc(N3CCCC3=O)cc2)CCO1. The first-order valence-electron chi connectivity index (χ1n) is 8.74. The van der Waals surface area contributed by atoms with E-state index in [-0.39, 0.29) is 24.8 Å². The fourth-order valence-corrected chi connectivity index (χ4v) is 3.20. The van der Waals surface area contributed by atoms with Crippen molar-refractivity contribution in [3.63, 3.8) is 0 Å². The van der Waals surface area contributed by atoms with Gasteiger partial charge in [-0.1, -0.05) is 12.1 Å². The minimum Gasteiger partial charge on any atom is -0.481 e. The summed E-state index contributed by atoms with van der Waals surface area (Å²) in [7, 11) is 0. The van der Waals surface area contributed by atoms with E-state index in [2.05, 4.69) is 0 Å². The Morgan fingerprint density at radius 1 is 1.23 bits per heavy atom. The Bertz CT molecular complexity index is 713. The summed E-state index contributed by atoms with van der Waals surface area (Å²) in [5.41, 5.74) is 1.74. The third-order valence-corrected chi connectivity index (χ3v) is 4.55. The number of aliphatic carboxylic acids is 1. The lowest BCUT2D eigenvalue weighted by atomic mass is 10.1. The third kappa shape index (κ3) is 4.49. The van der Waals surface area contributed by atoms with Crippen molar-refractivity contribution in [2.24, 2.45) is 0 Å². The van der Waals surface area contributed by atoms with E-state index >= 15 is 0 Å². The van der Waals surface area contributed by atoms with Gasteiger partial charge in [-0.05, 0) is 30.2 Å². The maximum Gasteiger partial charge on any atom is 0.306 e. The predicted molar refractivity (Wildman–Crippen MR) is 95.6 cm³/mol. The van der Waals surface area contributed by atoms with E-state index in [1.807, 2.05) is 24.3 Å². The van der Waals surface area contributed by atoms with Gasteiger partial charge in [0, 0.05) is 37.8 Å². The van der Waals surface area contributed by atoms with Crippen molar-refractivity contribution < 1.29 is 24.2 Å². The smallest absolute Gasteiger partial charge is 0.306 e. The minimum absolute atomic E-state index is 0.107. The molecule has 2 heterocycles. The van der Waals surface area contributed by atoms with E-state index < -0.39 is 12.1 Å². The van der Waals surface area contributed by atoms with Crippen LogP contribution in [-0.4, -0.2) is 60.1 Å². The lowest BCUT2D eigenvalue weighted by Gasteiger charge is -2.31. The van der Waals surface area contributed by atoms with Crippen molar-refractivity contribution in [3.8, 4) is 0 Å². The number of anilines is 1. The van der Waals surface area contributed by atoms with Gasteiger partial charge in [-0.2, -0.15) is 0 Å². The molecule has 2 saturated heterocycles. The summed E-state index contributed by atoms with van der Waals surface area (Å²) in [6.45, 7) is 1.83. The lowest BCUT2D eigenvalue weighted by Crippen LogP contribution is -2.45. The number of carbonyl (C=O) groups is 3. The lowest BCUT2D eigenvalue weighted by molar-refractivity contribution is -0.145. The van der Waals surface area contributed by atoms with E-state index in [0.29, 0.717) is 19.6 Å². The molecule has 1 atom stereocenters. The molecule has 0 radical (unpaired) electrons. The molecule has 2 amide bonds. The molecule has 0 aromatic heterocycles. The molecule has 138 valence electrons. The molecular weight excluding hydrogens is 336 g/mol. The van der Waals surface area contributed by atoms with E-state index in [1.165, 1.54) is 6.08 Å². The summed E-state index contributed by atoms with van der Waals surface area (Å²) in [5.74, 6) is -0.953. The molecular formula is C19H22N2O5. The van der Waals surface area contributed by atoms with Crippen molar-refractivity contribution in [1.29, 1.82) is 0 Å². The Labute approximate surface area is 151 Å². The molecule has 2 aliphatic rings. The molecule has 0 aliphatic carbocycles. The van der Waals surface area contributed by atoms with Gasteiger partial charge >= 0.3 is 5.97 Å². The number of hydrogen-bond donors (Lipinski definition) is 1. The van der Waals surface area contributed by atoms with Crippen LogP contribution in [0.4, 0.5) is 5.69 Å². The molecule has 0 saturated carbocycles. The Morgan fingerprint density at radius 3 is 2.65 bits per heavy atom. The largest absolute Gasteiger partial charge is 0.481 e. The Hall–Kier alpha value is -2.67. The number of carbonyl (C=O) groups excluding carboxylic acids is 2. The van der Waals surface area contributed by atoms with Gasteiger partial charge in [0.25, 0.3) is 0 Å². The van der Waals surface area contributed by atoms with Crippen LogP contribution in [0.3, 0.4) is 0 Å². The van der Waals surface area contributed by atoms with Crippen LogP contribution >= 0.6 is 0 Å². The highest BCUT2D eigenvalue weighted by Crippen LogP contribution is 2.22. The van der Waals surface area contributed by atoms with Gasteiger partial charge in [-0.3, -0.25) is 14.4 Å². The van der Waals surface area contributed by atoms with Crippen LogP contribution in [0.1, 0.15) is 24.8 Å². The highest BCUT2D eigenvalue weighted by Gasteiger charge is 2.25. The first kappa shape index (κ1) is 18.1. The van der Waals surface area contributed by atoms with Gasteiger partial charge in [0.15, 0.2) is 0 Å². The van der Waals surface area contributed by atoms with E-state index in [0.717, 1.165) is 24.2 Å². The number of hydrogen-bond acceptors (Lipinski definition) is 4. The number of carboxylic acids is 1. The van der Waals surface area contributed by atoms with E-state index in [9.17, 15) is 14.4 Å². The maximum atomic E-state index is 12.3. The van der Waals surface area contributed by atoms with E-state index in [4.69, 9.17) is 9.84 Å². The van der Waals surface area contributed by atoms with Crippen LogP contribution < -0.4 is 4.90 Å². The molecule has 26 heavy (non-hydrogen) atoms. The van der Waals surface area contributed by atoms with Crippen molar-refractivity contribution in [3.05, 3.63) is 35.9 Å². The summed E-state index contributed by atoms with van der Waals surface area (Å²) in [4.78, 5) is 38.2. The summed E-state index contributed by atoms with van der Waals surface area (Å²) in [6, 6.07) is 7.50. The highest BCUT2D eigenvalue weighted by molar-refractivity contribution is 5.95. The quantitative estimate of drug-likeness (QED) is 0.807. The Kier molecular flexibility index (Phi) is 5.68. The van der Waals surface area contributed by atoms with Crippen LogP contribution in [0.2, 0.25) is 0 Å². The summed E-state index contributed by atoms with van der Waals surface area (Å²) < 4.78 is 5.37. The molecule has 2 fully saturated rings. The van der Waals surface area contributed by atoms with Gasteiger partial charge in [-0.25, -0.2) is 0 Å². The molecule has 1 aromatic rings. The summed E-state index contributed by atoms with van der Waals surface area (Å²) in [6.07, 6.45) is 4.12. The van der Waals surface area contributed by atoms with Crippen LogP contribution in [0.25, 0.3) is 6.08 Å². The van der Waals surface area contributed by atoms with Gasteiger partial charge in [0.05, 0.1) is 19.1 Å². The number of ether oxygens (including phenoxy) is 1. The second-order valence-corrected chi connectivity index (χ2v) is 6.45. The second kappa shape index (κ2) is 8.14. The molecule has 7 nitrogen and oxygen atoms in total. The third-order valence-electron chi connectivity index (χ3n) is 4.55. The molecule has 0 bridgehead atoms. The first-order valence-corrected chi connectivity index (χ1v) is 8.74. The highest BCUT2D eigenvalue weighted by atomic mass is 16.5. The molecule has 1 aromatic carbocycles.